The number of thiophene rings is 1. The second kappa shape index (κ2) is 4.25. The lowest BCUT2D eigenvalue weighted by atomic mass is 10.2. The third kappa shape index (κ3) is 2.19. The molecule has 0 fully saturated rings. The van der Waals surface area contributed by atoms with E-state index in [0.717, 1.165) is 4.88 Å². The highest BCUT2D eigenvalue weighted by molar-refractivity contribution is 7.10. The highest BCUT2D eigenvalue weighted by Gasteiger charge is 2.19. The molecular formula is C8H13N3OS. The van der Waals surface area contributed by atoms with Gasteiger partial charge in [-0.2, -0.15) is 0 Å². The van der Waals surface area contributed by atoms with Crippen molar-refractivity contribution < 1.29 is 5.21 Å². The van der Waals surface area contributed by atoms with Gasteiger partial charge in [0.15, 0.2) is 5.84 Å². The summed E-state index contributed by atoms with van der Waals surface area (Å²) in [5, 5.41) is 13.6. The predicted molar refractivity (Wildman–Crippen MR) is 54.2 cm³/mol. The van der Waals surface area contributed by atoms with Gasteiger partial charge in [-0.3, -0.25) is 4.90 Å². The second-order valence-corrected chi connectivity index (χ2v) is 3.89. The molecule has 0 aliphatic rings. The summed E-state index contributed by atoms with van der Waals surface area (Å²) in [6, 6.07) is 3.78. The maximum Gasteiger partial charge on any atom is 0.161 e. The van der Waals surface area contributed by atoms with Gasteiger partial charge in [0.05, 0.1) is 0 Å². The fourth-order valence-corrected chi connectivity index (χ4v) is 2.10. The van der Waals surface area contributed by atoms with Crippen molar-refractivity contribution in [3.05, 3.63) is 22.4 Å². The largest absolute Gasteiger partial charge is 0.409 e. The molecule has 3 N–H and O–H groups in total. The normalized spacial score (nSPS) is 14.8. The van der Waals surface area contributed by atoms with Crippen LogP contribution >= 0.6 is 11.3 Å². The molecular weight excluding hydrogens is 186 g/mol. The van der Waals surface area contributed by atoms with Crippen LogP contribution in [-0.2, 0) is 0 Å². The first-order valence-electron chi connectivity index (χ1n) is 3.84. The lowest BCUT2D eigenvalue weighted by Gasteiger charge is -2.21. The first-order valence-corrected chi connectivity index (χ1v) is 4.72. The van der Waals surface area contributed by atoms with E-state index in [-0.39, 0.29) is 11.9 Å². The highest BCUT2D eigenvalue weighted by Crippen LogP contribution is 2.22. The zero-order valence-electron chi connectivity index (χ0n) is 7.64. The predicted octanol–water partition coefficient (Wildman–Crippen LogP) is 1.10. The Labute approximate surface area is 81.3 Å². The monoisotopic (exact) mass is 199 g/mol. The summed E-state index contributed by atoms with van der Waals surface area (Å²) < 4.78 is 0. The smallest absolute Gasteiger partial charge is 0.161 e. The Morgan fingerprint density at radius 1 is 1.69 bits per heavy atom. The van der Waals surface area contributed by atoms with Gasteiger partial charge in [0.2, 0.25) is 0 Å². The van der Waals surface area contributed by atoms with Crippen LogP contribution in [0.2, 0.25) is 0 Å². The number of rotatable bonds is 3. The zero-order chi connectivity index (χ0) is 9.84. The Kier molecular flexibility index (Phi) is 3.27. The van der Waals surface area contributed by atoms with Gasteiger partial charge in [-0.05, 0) is 25.5 Å². The average Bonchev–Trinajstić information content (AvgIpc) is 2.56. The van der Waals surface area contributed by atoms with E-state index in [4.69, 9.17) is 10.9 Å². The van der Waals surface area contributed by atoms with Crippen LogP contribution in [0.5, 0.6) is 0 Å². The molecule has 0 unspecified atom stereocenters. The molecule has 0 aliphatic carbocycles. The van der Waals surface area contributed by atoms with Crippen LogP contribution in [-0.4, -0.2) is 30.0 Å². The van der Waals surface area contributed by atoms with Crippen LogP contribution in [0.15, 0.2) is 22.7 Å². The maximum atomic E-state index is 8.59. The molecule has 72 valence electrons. The molecule has 0 aromatic carbocycles. The van der Waals surface area contributed by atoms with E-state index in [2.05, 4.69) is 5.16 Å². The molecule has 4 nitrogen and oxygen atoms in total. The Morgan fingerprint density at radius 3 is 2.77 bits per heavy atom. The van der Waals surface area contributed by atoms with Crippen molar-refractivity contribution in [1.82, 2.24) is 4.90 Å². The van der Waals surface area contributed by atoms with Crippen molar-refractivity contribution in [3.8, 4) is 0 Å². The van der Waals surface area contributed by atoms with Gasteiger partial charge < -0.3 is 10.9 Å². The molecule has 0 radical (unpaired) electrons. The number of amidine groups is 1. The van der Waals surface area contributed by atoms with Crippen LogP contribution < -0.4 is 5.73 Å². The topological polar surface area (TPSA) is 61.8 Å². The SMILES string of the molecule is CN(C)[C@H](C(N)=NO)c1cccs1. The second-order valence-electron chi connectivity index (χ2n) is 2.91. The molecule has 0 spiro atoms. The van der Waals surface area contributed by atoms with E-state index < -0.39 is 0 Å². The van der Waals surface area contributed by atoms with Gasteiger partial charge in [-0.25, -0.2) is 0 Å². The number of hydrogen-bond donors (Lipinski definition) is 2. The molecule has 0 saturated heterocycles. The van der Waals surface area contributed by atoms with Gasteiger partial charge in [-0.1, -0.05) is 11.2 Å². The maximum absolute atomic E-state index is 8.59. The first-order chi connectivity index (χ1) is 6.16. The summed E-state index contributed by atoms with van der Waals surface area (Å²) in [5.74, 6) is 0.215. The van der Waals surface area contributed by atoms with Crippen molar-refractivity contribution in [2.45, 2.75) is 6.04 Å². The molecule has 0 bridgehead atoms. The van der Waals surface area contributed by atoms with E-state index in [1.54, 1.807) is 11.3 Å². The summed E-state index contributed by atoms with van der Waals surface area (Å²) in [4.78, 5) is 2.97. The van der Waals surface area contributed by atoms with Crippen molar-refractivity contribution in [2.75, 3.05) is 14.1 Å². The molecule has 0 aliphatic heterocycles. The van der Waals surface area contributed by atoms with E-state index in [9.17, 15) is 0 Å². The highest BCUT2D eigenvalue weighted by atomic mass is 32.1. The van der Waals surface area contributed by atoms with Gasteiger partial charge in [-0.15, -0.1) is 11.3 Å². The number of nitrogens with two attached hydrogens (primary N) is 1. The van der Waals surface area contributed by atoms with E-state index >= 15 is 0 Å². The number of likely N-dealkylation sites (N-methyl/N-ethyl adjacent to an activating group) is 1. The van der Waals surface area contributed by atoms with Crippen LogP contribution in [0.1, 0.15) is 10.9 Å². The number of oxime groups is 1. The minimum absolute atomic E-state index is 0.134. The Balaban J connectivity index is 2.94. The number of nitrogens with zero attached hydrogens (tertiary/aromatic N) is 2. The summed E-state index contributed by atoms with van der Waals surface area (Å²) in [6.07, 6.45) is 0. The zero-order valence-corrected chi connectivity index (χ0v) is 8.45. The standard InChI is InChI=1S/C8H13N3OS/c1-11(2)7(8(9)10-12)6-4-3-5-13-6/h3-5,7,12H,1-2H3,(H2,9,10)/t7-/m0/s1. The third-order valence-corrected chi connectivity index (χ3v) is 2.65. The van der Waals surface area contributed by atoms with Crippen molar-refractivity contribution in [3.63, 3.8) is 0 Å². The van der Waals surface area contributed by atoms with Gasteiger partial charge in [0.25, 0.3) is 0 Å². The van der Waals surface area contributed by atoms with Gasteiger partial charge >= 0.3 is 0 Å². The minimum atomic E-state index is -0.134. The van der Waals surface area contributed by atoms with Crippen molar-refractivity contribution >= 4 is 17.2 Å². The van der Waals surface area contributed by atoms with Gasteiger partial charge in [0.1, 0.15) is 6.04 Å². The summed E-state index contributed by atoms with van der Waals surface area (Å²) in [5.41, 5.74) is 5.57. The first kappa shape index (κ1) is 10.0. The van der Waals surface area contributed by atoms with Crippen LogP contribution in [0.3, 0.4) is 0 Å². The summed E-state index contributed by atoms with van der Waals surface area (Å²) in [7, 11) is 3.78. The van der Waals surface area contributed by atoms with E-state index in [1.165, 1.54) is 0 Å². The fourth-order valence-electron chi connectivity index (χ4n) is 1.17. The lowest BCUT2D eigenvalue weighted by molar-refractivity contribution is 0.302. The fraction of sp³-hybridized carbons (Fsp3) is 0.375. The molecule has 1 atom stereocenters. The van der Waals surface area contributed by atoms with E-state index in [1.807, 2.05) is 36.5 Å². The minimum Gasteiger partial charge on any atom is -0.409 e. The summed E-state index contributed by atoms with van der Waals surface area (Å²) in [6.45, 7) is 0. The molecule has 1 aromatic rings. The van der Waals surface area contributed by atoms with Crippen LogP contribution in [0, 0.1) is 0 Å². The molecule has 13 heavy (non-hydrogen) atoms. The molecule has 0 amide bonds. The van der Waals surface area contributed by atoms with Crippen LogP contribution in [0.4, 0.5) is 0 Å². The Hall–Kier alpha value is -1.07. The summed E-state index contributed by atoms with van der Waals surface area (Å²) >= 11 is 1.59. The molecule has 5 heteroatoms. The average molecular weight is 199 g/mol. The van der Waals surface area contributed by atoms with E-state index in [0.29, 0.717) is 0 Å². The Bertz CT molecular complexity index is 282. The van der Waals surface area contributed by atoms with Gasteiger partial charge in [0, 0.05) is 4.88 Å². The van der Waals surface area contributed by atoms with Crippen molar-refractivity contribution in [2.24, 2.45) is 10.9 Å². The number of hydrogen-bond acceptors (Lipinski definition) is 4. The molecule has 1 heterocycles. The Morgan fingerprint density at radius 2 is 2.38 bits per heavy atom. The molecule has 1 aromatic heterocycles. The molecule has 1 rings (SSSR count). The quantitative estimate of drug-likeness (QED) is 0.331. The van der Waals surface area contributed by atoms with Crippen molar-refractivity contribution in [1.29, 1.82) is 0 Å². The van der Waals surface area contributed by atoms with Crippen LogP contribution in [0.25, 0.3) is 0 Å². The lowest BCUT2D eigenvalue weighted by Crippen LogP contribution is -2.32. The third-order valence-electron chi connectivity index (χ3n) is 1.72. The molecule has 0 saturated carbocycles.